The van der Waals surface area contributed by atoms with E-state index in [-0.39, 0.29) is 35.1 Å². The van der Waals surface area contributed by atoms with Gasteiger partial charge < -0.3 is 50.7 Å². The quantitative estimate of drug-likeness (QED) is 0.0822. The summed E-state index contributed by atoms with van der Waals surface area (Å²) in [5, 5.41) is 17.9. The monoisotopic (exact) mass is 1160 g/mol. The Bertz CT molecular complexity index is 2540. The minimum Gasteiger partial charge on any atom is -0.444 e. The molecular formula is C70H109N9O5. The highest BCUT2D eigenvalue weighted by molar-refractivity contribution is 5.72. The van der Waals surface area contributed by atoms with Gasteiger partial charge in [0.05, 0.1) is 0 Å². The predicted octanol–water partition coefficient (Wildman–Crippen LogP) is 10.6. The van der Waals surface area contributed by atoms with E-state index in [1.54, 1.807) is 4.90 Å². The Morgan fingerprint density at radius 1 is 0.536 bits per heavy atom. The number of nitrogens with zero attached hydrogens (tertiary/aromatic N) is 4. The number of ether oxygens (including phenoxy) is 2. The van der Waals surface area contributed by atoms with Crippen molar-refractivity contribution in [3.8, 4) is 0 Å². The number of benzene rings is 3. The average molecular weight is 1160 g/mol. The van der Waals surface area contributed by atoms with Crippen molar-refractivity contribution in [2.24, 2.45) is 16.2 Å². The SMILES string of the molecule is CC(C)(C)OC(=O)N(CC1(C=O)CC1)C1C[C@@H]1c1ccccc1.C[C@@H]1CN(CC2(CN(C(=O)OC(C)(C)C)C3C[C@@H]3c3ccccc3)CC2)C[C@H](C)N1.C[C@@H]1CN(CC2(CNC3C[C@@H]3c3ccccc3)CC2)C[C@H](C)N1.C[C@@H]1CNC[C@H](C)N1. The third kappa shape index (κ3) is 19.3. The Morgan fingerprint density at radius 2 is 0.917 bits per heavy atom. The van der Waals surface area contributed by atoms with E-state index >= 15 is 0 Å². The molecule has 3 aliphatic heterocycles. The summed E-state index contributed by atoms with van der Waals surface area (Å²) in [6.07, 6.45) is 10.9. The minimum absolute atomic E-state index is 0.140. The summed E-state index contributed by atoms with van der Waals surface area (Å²) in [6.45, 7) is 36.8. The highest BCUT2D eigenvalue weighted by atomic mass is 16.6. The van der Waals surface area contributed by atoms with Crippen LogP contribution >= 0.6 is 0 Å². The lowest BCUT2D eigenvalue weighted by atomic mass is 10.0. The molecule has 9 fully saturated rings. The van der Waals surface area contributed by atoms with E-state index in [9.17, 15) is 14.4 Å². The zero-order valence-corrected chi connectivity index (χ0v) is 53.6. The van der Waals surface area contributed by atoms with Crippen molar-refractivity contribution in [3.63, 3.8) is 0 Å². The molecule has 0 bridgehead atoms. The summed E-state index contributed by atoms with van der Waals surface area (Å²) in [5.74, 6) is 1.55. The van der Waals surface area contributed by atoms with E-state index in [0.717, 1.165) is 83.2 Å². The Kier molecular flexibility index (Phi) is 20.8. The molecule has 464 valence electrons. The van der Waals surface area contributed by atoms with Crippen LogP contribution in [0.1, 0.15) is 175 Å². The zero-order chi connectivity index (χ0) is 60.0. The fourth-order valence-electron chi connectivity index (χ4n) is 13.8. The van der Waals surface area contributed by atoms with Crippen LogP contribution < -0.4 is 26.6 Å². The van der Waals surface area contributed by atoms with E-state index in [1.165, 1.54) is 75.0 Å². The first-order chi connectivity index (χ1) is 39.9. The van der Waals surface area contributed by atoms with Crippen LogP contribution in [0.4, 0.5) is 9.59 Å². The van der Waals surface area contributed by atoms with Crippen LogP contribution in [0.3, 0.4) is 0 Å². The van der Waals surface area contributed by atoms with Gasteiger partial charge in [-0.2, -0.15) is 0 Å². The highest BCUT2D eigenvalue weighted by Gasteiger charge is 2.54. The number of carbonyl (C=O) groups excluding carboxylic acids is 3. The van der Waals surface area contributed by atoms with Gasteiger partial charge in [-0.1, -0.05) is 91.0 Å². The molecule has 0 spiro atoms. The molecule has 9 aliphatic rings. The molecule has 12 atom stereocenters. The number of piperazine rings is 3. The molecule has 84 heavy (non-hydrogen) atoms. The van der Waals surface area contributed by atoms with Crippen LogP contribution in [0.25, 0.3) is 0 Å². The Hall–Kier alpha value is -4.41. The first-order valence-corrected chi connectivity index (χ1v) is 32.7. The van der Waals surface area contributed by atoms with Gasteiger partial charge in [-0.25, -0.2) is 9.59 Å². The molecule has 3 aromatic rings. The molecule has 3 heterocycles. The second-order valence-electron chi connectivity index (χ2n) is 30.0. The molecule has 6 aliphatic carbocycles. The van der Waals surface area contributed by atoms with E-state index in [1.807, 2.05) is 59.7 Å². The van der Waals surface area contributed by atoms with Crippen LogP contribution in [0.2, 0.25) is 0 Å². The largest absolute Gasteiger partial charge is 0.444 e. The lowest BCUT2D eigenvalue weighted by Gasteiger charge is -2.39. The summed E-state index contributed by atoms with van der Waals surface area (Å²) in [6, 6.07) is 36.6. The molecule has 3 unspecified atom stereocenters. The topological polar surface area (TPSA) is 143 Å². The molecule has 3 saturated heterocycles. The molecule has 14 nitrogen and oxygen atoms in total. The molecule has 2 amide bonds. The Morgan fingerprint density at radius 3 is 1.27 bits per heavy atom. The van der Waals surface area contributed by atoms with Gasteiger partial charge in [-0.05, 0) is 163 Å². The van der Waals surface area contributed by atoms with Crippen molar-refractivity contribution in [2.45, 2.75) is 224 Å². The van der Waals surface area contributed by atoms with Crippen LogP contribution in [-0.4, -0.2) is 176 Å². The molecule has 6 saturated carbocycles. The van der Waals surface area contributed by atoms with Gasteiger partial charge in [-0.15, -0.1) is 0 Å². The van der Waals surface area contributed by atoms with Gasteiger partial charge in [0, 0.05) is 155 Å². The summed E-state index contributed by atoms with van der Waals surface area (Å²) >= 11 is 0. The number of hydrogen-bond acceptors (Lipinski definition) is 12. The summed E-state index contributed by atoms with van der Waals surface area (Å²) < 4.78 is 11.4. The number of amides is 2. The fraction of sp³-hybridized carbons (Fsp3) is 0.700. The van der Waals surface area contributed by atoms with Crippen molar-refractivity contribution in [1.82, 2.24) is 46.2 Å². The standard InChI is InChI=1S/C25H39N3O2.C20H31N3.C19H25NO3.C6H14N2/c1-18-14-27(15-19(2)26-18)16-25(11-12-25)17-28(23(29)30-24(3,4)5)22-13-21(22)20-9-7-6-8-10-20;1-15-11-23(12-16(2)22-15)14-20(8-9-20)13-21-19-10-18(19)17-6-4-3-5-7-17;1-18(2,3)23-17(22)20(12-19(13-21)9-10-19)16-11-15(16)14-7-5-4-6-8-14;1-5-3-7-4-6(2)8-5/h6-10,18-19,21-22,26H,11-17H2,1-5H3;3-7,15-16,18-19,21-22H,8-14H2,1-2H3;4-8,13,15-16H,9-12H2,1-3H3;5-8H,3-4H2,1-2H3/t18-,19+,21-,22?;15-,16+,18-,19?;15-,16?;5-,6+/m111./s1. The van der Waals surface area contributed by atoms with Crippen molar-refractivity contribution in [2.75, 3.05) is 72.0 Å². The lowest BCUT2D eigenvalue weighted by Crippen LogP contribution is -2.56. The van der Waals surface area contributed by atoms with Gasteiger partial charge in [0.25, 0.3) is 0 Å². The third-order valence-electron chi connectivity index (χ3n) is 18.7. The van der Waals surface area contributed by atoms with E-state index < -0.39 is 11.2 Å². The third-order valence-corrected chi connectivity index (χ3v) is 18.7. The van der Waals surface area contributed by atoms with Crippen LogP contribution in [0.15, 0.2) is 91.0 Å². The van der Waals surface area contributed by atoms with Crippen molar-refractivity contribution in [1.29, 1.82) is 0 Å². The average Bonchev–Trinajstić information content (AvgIpc) is 2.96. The number of nitrogens with one attached hydrogen (secondary N) is 5. The molecular weight excluding hydrogens is 1050 g/mol. The van der Waals surface area contributed by atoms with E-state index in [4.69, 9.17) is 9.47 Å². The first-order valence-electron chi connectivity index (χ1n) is 32.7. The maximum absolute atomic E-state index is 13.2. The van der Waals surface area contributed by atoms with Crippen LogP contribution in [0.5, 0.6) is 0 Å². The normalized spacial score (nSPS) is 31.3. The van der Waals surface area contributed by atoms with Gasteiger partial charge in [0.1, 0.15) is 17.5 Å². The fourth-order valence-corrected chi connectivity index (χ4v) is 13.8. The van der Waals surface area contributed by atoms with Crippen molar-refractivity contribution >= 4 is 18.5 Å². The van der Waals surface area contributed by atoms with Gasteiger partial charge >= 0.3 is 12.2 Å². The molecule has 3 aromatic carbocycles. The zero-order valence-electron chi connectivity index (χ0n) is 53.6. The van der Waals surface area contributed by atoms with Crippen molar-refractivity contribution < 1.29 is 23.9 Å². The number of carbonyl (C=O) groups is 3. The van der Waals surface area contributed by atoms with E-state index in [2.05, 4.69) is 156 Å². The van der Waals surface area contributed by atoms with E-state index in [0.29, 0.717) is 60.0 Å². The van der Waals surface area contributed by atoms with Crippen LogP contribution in [0, 0.1) is 16.2 Å². The van der Waals surface area contributed by atoms with Gasteiger partial charge in [-0.3, -0.25) is 9.80 Å². The lowest BCUT2D eigenvalue weighted by molar-refractivity contribution is -0.112. The second kappa shape index (κ2) is 27.3. The first kappa shape index (κ1) is 64.1. The summed E-state index contributed by atoms with van der Waals surface area (Å²) in [4.78, 5) is 46.3. The van der Waals surface area contributed by atoms with Crippen LogP contribution in [-0.2, 0) is 14.3 Å². The smallest absolute Gasteiger partial charge is 0.410 e. The Balaban J connectivity index is 0.000000143. The molecule has 5 N–H and O–H groups in total. The maximum atomic E-state index is 13.2. The summed E-state index contributed by atoms with van der Waals surface area (Å²) in [5.41, 5.74) is 3.59. The molecule has 0 radical (unpaired) electrons. The van der Waals surface area contributed by atoms with Gasteiger partial charge in [0.15, 0.2) is 0 Å². The number of rotatable bonds is 17. The maximum Gasteiger partial charge on any atom is 0.410 e. The minimum atomic E-state index is -0.523. The van der Waals surface area contributed by atoms with Gasteiger partial charge in [0.2, 0.25) is 0 Å². The summed E-state index contributed by atoms with van der Waals surface area (Å²) in [7, 11) is 0. The predicted molar refractivity (Wildman–Crippen MR) is 340 cm³/mol. The Labute approximate surface area is 506 Å². The molecule has 0 aromatic heterocycles. The number of aldehydes is 1. The number of hydrogen-bond donors (Lipinski definition) is 5. The highest BCUT2D eigenvalue weighted by Crippen LogP contribution is 2.53. The second-order valence-corrected chi connectivity index (χ2v) is 30.0. The molecule has 14 heteroatoms. The molecule has 12 rings (SSSR count). The van der Waals surface area contributed by atoms with Crippen molar-refractivity contribution in [3.05, 3.63) is 108 Å².